The Hall–Kier alpha value is -1.81. The topological polar surface area (TPSA) is 52.3 Å². The van der Waals surface area contributed by atoms with E-state index in [4.69, 9.17) is 10.5 Å². The van der Waals surface area contributed by atoms with Crippen LogP contribution in [0.4, 0.5) is 5.69 Å². The lowest BCUT2D eigenvalue weighted by molar-refractivity contribution is 0.0533. The van der Waals surface area contributed by atoms with Gasteiger partial charge in [-0.2, -0.15) is 0 Å². The molecule has 0 unspecified atom stereocenters. The summed E-state index contributed by atoms with van der Waals surface area (Å²) in [6, 6.07) is 6.33. The predicted molar refractivity (Wildman–Crippen MR) is 89.0 cm³/mol. The number of benzene rings is 1. The van der Waals surface area contributed by atoms with Crippen molar-refractivity contribution in [1.82, 2.24) is 0 Å². The molecule has 0 saturated carbocycles. The van der Waals surface area contributed by atoms with Crippen LogP contribution >= 0.6 is 11.3 Å². The molecule has 112 valence electrons. The van der Waals surface area contributed by atoms with Crippen molar-refractivity contribution in [3.63, 3.8) is 0 Å². The van der Waals surface area contributed by atoms with Crippen molar-refractivity contribution in [2.24, 2.45) is 0 Å². The molecule has 0 amide bonds. The number of carbonyl (C=O) groups is 1. The van der Waals surface area contributed by atoms with Crippen LogP contribution in [0.15, 0.2) is 18.2 Å². The van der Waals surface area contributed by atoms with Gasteiger partial charge in [0.05, 0.1) is 12.3 Å². The maximum Gasteiger partial charge on any atom is 0.350 e. The minimum atomic E-state index is -0.328. The first-order chi connectivity index (χ1) is 9.99. The Morgan fingerprint density at radius 2 is 2.00 bits per heavy atom. The summed E-state index contributed by atoms with van der Waals surface area (Å²) in [4.78, 5) is 13.6. The summed E-state index contributed by atoms with van der Waals surface area (Å²) in [6.45, 7) is 8.37. The van der Waals surface area contributed by atoms with Crippen molar-refractivity contribution in [3.8, 4) is 10.4 Å². The van der Waals surface area contributed by atoms with E-state index in [1.54, 1.807) is 6.92 Å². The van der Waals surface area contributed by atoms with Gasteiger partial charge in [0.25, 0.3) is 0 Å². The van der Waals surface area contributed by atoms with Gasteiger partial charge in [0.15, 0.2) is 0 Å². The van der Waals surface area contributed by atoms with E-state index < -0.39 is 0 Å². The Morgan fingerprint density at radius 3 is 2.57 bits per heavy atom. The van der Waals surface area contributed by atoms with Crippen LogP contribution in [0.3, 0.4) is 0 Å². The highest BCUT2D eigenvalue weighted by molar-refractivity contribution is 7.18. The molecule has 0 aliphatic rings. The maximum absolute atomic E-state index is 12.0. The fraction of sp³-hybridized carbons (Fsp3) is 0.353. The fourth-order valence-electron chi connectivity index (χ4n) is 2.46. The largest absolute Gasteiger partial charge is 0.462 e. The second-order valence-corrected chi connectivity index (χ2v) is 6.07. The number of hydrogen-bond acceptors (Lipinski definition) is 4. The van der Waals surface area contributed by atoms with E-state index >= 15 is 0 Å². The van der Waals surface area contributed by atoms with Crippen LogP contribution in [0.2, 0.25) is 0 Å². The average Bonchev–Trinajstić information content (AvgIpc) is 2.76. The molecule has 0 spiro atoms. The zero-order valence-electron chi connectivity index (χ0n) is 12.9. The number of nitrogen functional groups attached to an aromatic ring is 1. The van der Waals surface area contributed by atoms with Crippen molar-refractivity contribution in [2.45, 2.75) is 34.1 Å². The van der Waals surface area contributed by atoms with E-state index in [-0.39, 0.29) is 5.97 Å². The van der Waals surface area contributed by atoms with E-state index in [0.29, 0.717) is 17.2 Å². The van der Waals surface area contributed by atoms with Gasteiger partial charge in [-0.05, 0) is 43.9 Å². The van der Waals surface area contributed by atoms with Crippen molar-refractivity contribution in [3.05, 3.63) is 39.8 Å². The molecule has 0 bridgehead atoms. The van der Waals surface area contributed by atoms with Crippen molar-refractivity contribution in [1.29, 1.82) is 0 Å². The molecule has 1 heterocycles. The van der Waals surface area contributed by atoms with Gasteiger partial charge < -0.3 is 10.5 Å². The number of thiophene rings is 1. The SMILES string of the molecule is CCOC(=O)c1sc(-c2ccc(C)cc2C)c(CC)c1N. The van der Waals surface area contributed by atoms with E-state index in [9.17, 15) is 4.79 Å². The van der Waals surface area contributed by atoms with Gasteiger partial charge in [-0.25, -0.2) is 4.79 Å². The number of anilines is 1. The predicted octanol–water partition coefficient (Wildman–Crippen LogP) is 4.35. The molecule has 0 fully saturated rings. The lowest BCUT2D eigenvalue weighted by Gasteiger charge is -2.07. The number of esters is 1. The Balaban J connectivity index is 2.58. The van der Waals surface area contributed by atoms with E-state index in [1.807, 2.05) is 0 Å². The van der Waals surface area contributed by atoms with Crippen LogP contribution < -0.4 is 5.73 Å². The van der Waals surface area contributed by atoms with E-state index in [0.717, 1.165) is 22.4 Å². The molecule has 2 N–H and O–H groups in total. The first-order valence-electron chi connectivity index (χ1n) is 7.15. The van der Waals surface area contributed by atoms with Gasteiger partial charge in [0.1, 0.15) is 4.88 Å². The molecule has 0 radical (unpaired) electrons. The Bertz CT molecular complexity index is 674. The maximum atomic E-state index is 12.0. The Labute approximate surface area is 129 Å². The van der Waals surface area contributed by atoms with Crippen molar-refractivity contribution in [2.75, 3.05) is 12.3 Å². The van der Waals surface area contributed by atoms with Crippen LogP contribution in [-0.4, -0.2) is 12.6 Å². The summed E-state index contributed by atoms with van der Waals surface area (Å²) in [6.07, 6.45) is 0.796. The number of aryl methyl sites for hydroxylation is 2. The summed E-state index contributed by atoms with van der Waals surface area (Å²) in [5.74, 6) is -0.328. The smallest absolute Gasteiger partial charge is 0.350 e. The van der Waals surface area contributed by atoms with E-state index in [1.165, 1.54) is 22.5 Å². The summed E-state index contributed by atoms with van der Waals surface area (Å²) in [5.41, 5.74) is 11.3. The second kappa shape index (κ2) is 6.31. The highest BCUT2D eigenvalue weighted by Crippen LogP contribution is 2.40. The van der Waals surface area contributed by atoms with Crippen molar-refractivity contribution >= 4 is 23.0 Å². The zero-order chi connectivity index (χ0) is 15.6. The highest BCUT2D eigenvalue weighted by Gasteiger charge is 2.22. The fourth-order valence-corrected chi connectivity index (χ4v) is 3.76. The van der Waals surface area contributed by atoms with Crippen LogP contribution in [0.1, 0.15) is 40.2 Å². The van der Waals surface area contributed by atoms with Crippen LogP contribution in [0.5, 0.6) is 0 Å². The molecule has 2 rings (SSSR count). The third kappa shape index (κ3) is 2.95. The summed E-state index contributed by atoms with van der Waals surface area (Å²) in [7, 11) is 0. The lowest BCUT2D eigenvalue weighted by atomic mass is 10.0. The first-order valence-corrected chi connectivity index (χ1v) is 7.97. The molecule has 2 aromatic rings. The standard InChI is InChI=1S/C17H21NO2S/c1-5-12-14(18)16(17(19)20-6-2)21-15(12)13-8-7-10(3)9-11(13)4/h7-9H,5-6,18H2,1-4H3. The molecule has 0 atom stereocenters. The molecular weight excluding hydrogens is 282 g/mol. The molecule has 0 saturated heterocycles. The Morgan fingerprint density at radius 1 is 1.29 bits per heavy atom. The molecule has 1 aromatic heterocycles. The normalized spacial score (nSPS) is 10.7. The van der Waals surface area contributed by atoms with Crippen LogP contribution in [-0.2, 0) is 11.2 Å². The average molecular weight is 303 g/mol. The van der Waals surface area contributed by atoms with Gasteiger partial charge >= 0.3 is 5.97 Å². The van der Waals surface area contributed by atoms with Crippen molar-refractivity contribution < 1.29 is 9.53 Å². The summed E-state index contributed by atoms with van der Waals surface area (Å²) >= 11 is 1.43. The Kier molecular flexibility index (Phi) is 4.68. The van der Waals surface area contributed by atoms with Gasteiger partial charge in [0, 0.05) is 4.88 Å². The summed E-state index contributed by atoms with van der Waals surface area (Å²) < 4.78 is 5.10. The minimum Gasteiger partial charge on any atom is -0.462 e. The number of ether oxygens (including phenoxy) is 1. The second-order valence-electron chi connectivity index (χ2n) is 5.04. The van der Waals surface area contributed by atoms with Crippen LogP contribution in [0.25, 0.3) is 10.4 Å². The quantitative estimate of drug-likeness (QED) is 0.854. The van der Waals surface area contributed by atoms with Gasteiger partial charge in [-0.1, -0.05) is 30.7 Å². The number of carbonyl (C=O) groups excluding carboxylic acids is 1. The van der Waals surface area contributed by atoms with Crippen LogP contribution in [0, 0.1) is 13.8 Å². The first kappa shape index (κ1) is 15.6. The van der Waals surface area contributed by atoms with Gasteiger partial charge in [-0.15, -0.1) is 11.3 Å². The molecule has 4 heteroatoms. The third-order valence-corrected chi connectivity index (χ3v) is 4.75. The number of hydrogen-bond donors (Lipinski definition) is 1. The zero-order valence-corrected chi connectivity index (χ0v) is 13.8. The third-order valence-electron chi connectivity index (χ3n) is 3.49. The number of rotatable bonds is 4. The highest BCUT2D eigenvalue weighted by atomic mass is 32.1. The molecule has 1 aromatic carbocycles. The molecular formula is C17H21NO2S. The monoisotopic (exact) mass is 303 g/mol. The van der Waals surface area contributed by atoms with Gasteiger partial charge in [0.2, 0.25) is 0 Å². The molecule has 0 aliphatic heterocycles. The minimum absolute atomic E-state index is 0.328. The molecule has 0 aliphatic carbocycles. The van der Waals surface area contributed by atoms with Gasteiger partial charge in [-0.3, -0.25) is 0 Å². The molecule has 3 nitrogen and oxygen atoms in total. The lowest BCUT2D eigenvalue weighted by Crippen LogP contribution is -2.05. The van der Waals surface area contributed by atoms with E-state index in [2.05, 4.69) is 39.0 Å². The summed E-state index contributed by atoms with van der Waals surface area (Å²) in [5, 5.41) is 0. The number of nitrogens with two attached hydrogens (primary N) is 1. The molecule has 21 heavy (non-hydrogen) atoms.